The van der Waals surface area contributed by atoms with Crippen molar-refractivity contribution in [3.8, 4) is 11.5 Å². The summed E-state index contributed by atoms with van der Waals surface area (Å²) in [5.41, 5.74) is 6.12. The minimum atomic E-state index is 0.0672. The fraction of sp³-hybridized carbons (Fsp3) is 0.435. The van der Waals surface area contributed by atoms with E-state index in [9.17, 15) is 4.79 Å². The Morgan fingerprint density at radius 2 is 2.00 bits per heavy atom. The molecule has 4 rings (SSSR count). The highest BCUT2D eigenvalue weighted by Crippen LogP contribution is 2.26. The Morgan fingerprint density at radius 3 is 2.73 bits per heavy atom. The van der Waals surface area contributed by atoms with E-state index in [1.165, 1.54) is 22.9 Å². The van der Waals surface area contributed by atoms with E-state index in [1.54, 1.807) is 0 Å². The molecular weight excluding hydrogens is 398 g/mol. The molecular formula is C23H27N3O3S. The average molecular weight is 426 g/mol. The SMILES string of the molecule is Cc1ccc(-c2nnc(SCC(=O)c3cc(C)n(CC4CCCO4)c3C)o2)cc1C. The number of hydrogen-bond donors (Lipinski definition) is 0. The third-order valence-electron chi connectivity index (χ3n) is 5.77. The Bertz CT molecular complexity index is 1060. The molecule has 1 aliphatic heterocycles. The van der Waals surface area contributed by atoms with Gasteiger partial charge in [-0.2, -0.15) is 0 Å². The number of benzene rings is 1. The number of aryl methyl sites for hydroxylation is 3. The zero-order chi connectivity index (χ0) is 21.3. The lowest BCUT2D eigenvalue weighted by Crippen LogP contribution is -2.17. The Morgan fingerprint density at radius 1 is 1.17 bits per heavy atom. The molecule has 30 heavy (non-hydrogen) atoms. The van der Waals surface area contributed by atoms with Gasteiger partial charge in [-0.3, -0.25) is 4.79 Å². The Labute approximate surface area is 181 Å². The van der Waals surface area contributed by atoms with Crippen molar-refractivity contribution < 1.29 is 13.9 Å². The molecule has 2 aromatic heterocycles. The highest BCUT2D eigenvalue weighted by molar-refractivity contribution is 7.99. The third kappa shape index (κ3) is 4.37. The number of hydrogen-bond acceptors (Lipinski definition) is 6. The molecule has 3 aromatic rings. The van der Waals surface area contributed by atoms with Crippen LogP contribution in [0.5, 0.6) is 0 Å². The second-order valence-corrected chi connectivity index (χ2v) is 8.84. The van der Waals surface area contributed by atoms with Gasteiger partial charge in [0.05, 0.1) is 11.9 Å². The van der Waals surface area contributed by atoms with Gasteiger partial charge in [-0.25, -0.2) is 0 Å². The standard InChI is InChI=1S/C23H27N3O3S/c1-14-7-8-18(10-15(14)2)22-24-25-23(29-22)30-13-21(27)20-11-16(3)26(17(20)4)12-19-6-5-9-28-19/h7-8,10-11,19H,5-6,9,12-13H2,1-4H3. The number of thioether (sulfide) groups is 1. The largest absolute Gasteiger partial charge is 0.411 e. The number of Topliss-reactive ketones (excluding diaryl/α,β-unsaturated/α-hetero) is 1. The van der Waals surface area contributed by atoms with Crippen LogP contribution < -0.4 is 0 Å². The Balaban J connectivity index is 1.41. The van der Waals surface area contributed by atoms with Crippen molar-refractivity contribution in [2.24, 2.45) is 0 Å². The predicted octanol–water partition coefficient (Wildman–Crippen LogP) is 4.93. The summed E-state index contributed by atoms with van der Waals surface area (Å²) in [6.07, 6.45) is 2.44. The molecule has 1 saturated heterocycles. The second-order valence-electron chi connectivity index (χ2n) is 7.91. The second kappa shape index (κ2) is 8.78. The summed E-state index contributed by atoms with van der Waals surface area (Å²) >= 11 is 1.28. The molecule has 0 amide bonds. The van der Waals surface area contributed by atoms with Crippen LogP contribution >= 0.6 is 11.8 Å². The van der Waals surface area contributed by atoms with E-state index in [-0.39, 0.29) is 17.6 Å². The van der Waals surface area contributed by atoms with Gasteiger partial charge in [0.15, 0.2) is 5.78 Å². The number of ketones is 1. The van der Waals surface area contributed by atoms with Crippen LogP contribution in [0.3, 0.4) is 0 Å². The van der Waals surface area contributed by atoms with Gasteiger partial charge in [0, 0.05) is 35.7 Å². The summed E-state index contributed by atoms with van der Waals surface area (Å²) in [4.78, 5) is 12.8. The molecule has 0 aliphatic carbocycles. The Kier molecular flexibility index (Phi) is 6.11. The first-order chi connectivity index (χ1) is 14.4. The van der Waals surface area contributed by atoms with Crippen LogP contribution in [-0.2, 0) is 11.3 Å². The van der Waals surface area contributed by atoms with Gasteiger partial charge in [-0.15, -0.1) is 10.2 Å². The van der Waals surface area contributed by atoms with Crippen molar-refractivity contribution >= 4 is 17.5 Å². The first-order valence-corrected chi connectivity index (χ1v) is 11.3. The molecule has 1 atom stereocenters. The zero-order valence-electron chi connectivity index (χ0n) is 17.9. The van der Waals surface area contributed by atoms with Gasteiger partial charge >= 0.3 is 0 Å². The molecule has 1 aliphatic rings. The maximum absolute atomic E-state index is 12.8. The minimum absolute atomic E-state index is 0.0672. The molecule has 0 saturated carbocycles. The quantitative estimate of drug-likeness (QED) is 0.395. The van der Waals surface area contributed by atoms with Crippen molar-refractivity contribution in [1.29, 1.82) is 0 Å². The maximum Gasteiger partial charge on any atom is 0.277 e. The van der Waals surface area contributed by atoms with Gasteiger partial charge in [-0.05, 0) is 69.9 Å². The number of rotatable bonds is 7. The molecule has 1 unspecified atom stereocenters. The number of carbonyl (C=O) groups is 1. The molecule has 3 heterocycles. The van der Waals surface area contributed by atoms with Gasteiger partial charge in [0.2, 0.25) is 5.89 Å². The average Bonchev–Trinajstić information content (AvgIpc) is 3.46. The highest BCUT2D eigenvalue weighted by Gasteiger charge is 2.21. The van der Waals surface area contributed by atoms with Crippen molar-refractivity contribution in [2.75, 3.05) is 12.4 Å². The van der Waals surface area contributed by atoms with E-state index in [1.807, 2.05) is 38.1 Å². The van der Waals surface area contributed by atoms with Crippen molar-refractivity contribution in [3.05, 3.63) is 52.3 Å². The molecule has 1 aromatic carbocycles. The van der Waals surface area contributed by atoms with E-state index in [0.29, 0.717) is 11.1 Å². The third-order valence-corrected chi connectivity index (χ3v) is 6.59. The van der Waals surface area contributed by atoms with Gasteiger partial charge in [0.25, 0.3) is 5.22 Å². The van der Waals surface area contributed by atoms with Crippen LogP contribution in [-0.4, -0.2) is 39.0 Å². The number of carbonyl (C=O) groups excluding carboxylic acids is 1. The lowest BCUT2D eigenvalue weighted by Gasteiger charge is -2.14. The molecule has 0 bridgehead atoms. The van der Waals surface area contributed by atoms with E-state index in [4.69, 9.17) is 9.15 Å². The maximum atomic E-state index is 12.8. The first-order valence-electron chi connectivity index (χ1n) is 10.3. The van der Waals surface area contributed by atoms with Gasteiger partial charge in [0.1, 0.15) is 0 Å². The zero-order valence-corrected chi connectivity index (χ0v) is 18.7. The van der Waals surface area contributed by atoms with Crippen LogP contribution in [0.2, 0.25) is 0 Å². The summed E-state index contributed by atoms with van der Waals surface area (Å²) in [6, 6.07) is 8.02. The predicted molar refractivity (Wildman–Crippen MR) is 117 cm³/mol. The summed E-state index contributed by atoms with van der Waals surface area (Å²) in [5.74, 6) is 0.805. The van der Waals surface area contributed by atoms with Gasteiger partial charge in [-0.1, -0.05) is 17.8 Å². The van der Waals surface area contributed by atoms with Crippen molar-refractivity contribution in [1.82, 2.24) is 14.8 Å². The smallest absolute Gasteiger partial charge is 0.277 e. The van der Waals surface area contributed by atoms with Crippen LogP contribution in [0.15, 0.2) is 33.9 Å². The highest BCUT2D eigenvalue weighted by atomic mass is 32.2. The van der Waals surface area contributed by atoms with Crippen LogP contribution in [0.25, 0.3) is 11.5 Å². The summed E-state index contributed by atoms with van der Waals surface area (Å²) in [6.45, 7) is 9.81. The minimum Gasteiger partial charge on any atom is -0.411 e. The molecule has 0 N–H and O–H groups in total. The van der Waals surface area contributed by atoms with Crippen LogP contribution in [0, 0.1) is 27.7 Å². The number of ether oxygens (including phenoxy) is 1. The monoisotopic (exact) mass is 425 g/mol. The summed E-state index contributed by atoms with van der Waals surface area (Å²) in [5, 5.41) is 8.64. The normalized spacial score (nSPS) is 16.3. The van der Waals surface area contributed by atoms with Crippen molar-refractivity contribution in [3.63, 3.8) is 0 Å². The van der Waals surface area contributed by atoms with Gasteiger partial charge < -0.3 is 13.7 Å². The fourth-order valence-corrected chi connectivity index (χ4v) is 4.47. The first kappa shape index (κ1) is 20.9. The van der Waals surface area contributed by atoms with E-state index >= 15 is 0 Å². The number of nitrogens with zero attached hydrogens (tertiary/aromatic N) is 3. The molecule has 7 heteroatoms. The van der Waals surface area contributed by atoms with E-state index in [0.717, 1.165) is 48.5 Å². The Hall–Kier alpha value is -2.38. The molecule has 0 spiro atoms. The topological polar surface area (TPSA) is 70.2 Å². The summed E-state index contributed by atoms with van der Waals surface area (Å²) < 4.78 is 13.7. The van der Waals surface area contributed by atoms with E-state index < -0.39 is 0 Å². The van der Waals surface area contributed by atoms with Crippen LogP contribution in [0.1, 0.15) is 45.7 Å². The van der Waals surface area contributed by atoms with Crippen molar-refractivity contribution in [2.45, 2.75) is 58.4 Å². The van der Waals surface area contributed by atoms with Crippen LogP contribution in [0.4, 0.5) is 0 Å². The molecule has 1 fully saturated rings. The summed E-state index contributed by atoms with van der Waals surface area (Å²) in [7, 11) is 0. The molecule has 6 nitrogen and oxygen atoms in total. The number of aromatic nitrogens is 3. The van der Waals surface area contributed by atoms with E-state index in [2.05, 4.69) is 28.6 Å². The lowest BCUT2D eigenvalue weighted by molar-refractivity contribution is 0.0957. The fourth-order valence-electron chi connectivity index (χ4n) is 3.82. The lowest BCUT2D eigenvalue weighted by atomic mass is 10.1. The molecule has 158 valence electrons. The molecule has 0 radical (unpaired) electrons.